The fourth-order valence-electron chi connectivity index (χ4n) is 4.64. The summed E-state index contributed by atoms with van der Waals surface area (Å²) < 4.78 is 5.49. The van der Waals surface area contributed by atoms with Crippen LogP contribution >= 0.6 is 0 Å². The van der Waals surface area contributed by atoms with Crippen LogP contribution in [0.4, 0.5) is 4.79 Å². The molecular formula is C22H42N2O2. The van der Waals surface area contributed by atoms with Gasteiger partial charge in [0.25, 0.3) is 0 Å². The van der Waals surface area contributed by atoms with Gasteiger partial charge in [-0.3, -0.25) is 0 Å². The maximum atomic E-state index is 12.2. The lowest BCUT2D eigenvalue weighted by Crippen LogP contribution is -2.49. The zero-order chi connectivity index (χ0) is 19.0. The Morgan fingerprint density at radius 1 is 1.12 bits per heavy atom. The molecule has 0 spiro atoms. The van der Waals surface area contributed by atoms with Crippen LogP contribution in [0, 0.1) is 11.8 Å². The Labute approximate surface area is 161 Å². The van der Waals surface area contributed by atoms with E-state index in [2.05, 4.69) is 17.1 Å². The molecule has 0 radical (unpaired) electrons. The molecule has 26 heavy (non-hydrogen) atoms. The molecule has 1 saturated heterocycles. The summed E-state index contributed by atoms with van der Waals surface area (Å²) in [6.45, 7) is 11.7. The highest BCUT2D eigenvalue weighted by molar-refractivity contribution is 5.68. The first-order valence-corrected chi connectivity index (χ1v) is 11.1. The van der Waals surface area contributed by atoms with Crippen molar-refractivity contribution in [1.82, 2.24) is 10.2 Å². The van der Waals surface area contributed by atoms with E-state index in [1.807, 2.05) is 20.8 Å². The minimum absolute atomic E-state index is 0.245. The molecule has 0 aromatic heterocycles. The Kier molecular flexibility index (Phi) is 8.72. The average molecular weight is 367 g/mol. The van der Waals surface area contributed by atoms with Crippen LogP contribution in [0.25, 0.3) is 0 Å². The van der Waals surface area contributed by atoms with E-state index < -0.39 is 5.60 Å². The van der Waals surface area contributed by atoms with Gasteiger partial charge in [-0.05, 0) is 71.3 Å². The summed E-state index contributed by atoms with van der Waals surface area (Å²) in [6.07, 6.45) is 12.8. The second kappa shape index (κ2) is 10.5. The third kappa shape index (κ3) is 7.85. The van der Waals surface area contributed by atoms with Gasteiger partial charge in [-0.2, -0.15) is 0 Å². The molecule has 1 aliphatic heterocycles. The summed E-state index contributed by atoms with van der Waals surface area (Å²) in [7, 11) is 0. The van der Waals surface area contributed by atoms with Crippen molar-refractivity contribution in [3.63, 3.8) is 0 Å². The zero-order valence-corrected chi connectivity index (χ0v) is 17.7. The maximum Gasteiger partial charge on any atom is 0.407 e. The molecule has 3 atom stereocenters. The zero-order valence-electron chi connectivity index (χ0n) is 17.7. The first-order valence-electron chi connectivity index (χ1n) is 11.1. The molecule has 0 bridgehead atoms. The van der Waals surface area contributed by atoms with Crippen LogP contribution in [0.1, 0.15) is 91.9 Å². The fourth-order valence-corrected chi connectivity index (χ4v) is 4.64. The number of ether oxygens (including phenoxy) is 1. The number of hydrogen-bond donors (Lipinski definition) is 1. The molecule has 2 unspecified atom stereocenters. The van der Waals surface area contributed by atoms with Crippen molar-refractivity contribution >= 4 is 6.09 Å². The van der Waals surface area contributed by atoms with Gasteiger partial charge in [-0.1, -0.05) is 39.0 Å². The predicted molar refractivity (Wildman–Crippen MR) is 108 cm³/mol. The number of amides is 1. The molecule has 4 heteroatoms. The van der Waals surface area contributed by atoms with Gasteiger partial charge in [0, 0.05) is 19.1 Å². The summed E-state index contributed by atoms with van der Waals surface area (Å²) in [4.78, 5) is 14.9. The minimum atomic E-state index is -0.424. The Balaban J connectivity index is 1.82. The lowest BCUT2D eigenvalue weighted by molar-refractivity contribution is 0.0443. The van der Waals surface area contributed by atoms with Crippen LogP contribution in [0.15, 0.2) is 0 Å². The van der Waals surface area contributed by atoms with Crippen molar-refractivity contribution in [3.8, 4) is 0 Å². The topological polar surface area (TPSA) is 41.6 Å². The Morgan fingerprint density at radius 3 is 2.62 bits per heavy atom. The highest BCUT2D eigenvalue weighted by Crippen LogP contribution is 2.28. The van der Waals surface area contributed by atoms with E-state index in [0.717, 1.165) is 18.9 Å². The van der Waals surface area contributed by atoms with Crippen molar-refractivity contribution < 1.29 is 9.53 Å². The Bertz CT molecular complexity index is 419. The van der Waals surface area contributed by atoms with Gasteiger partial charge in [0.2, 0.25) is 0 Å². The summed E-state index contributed by atoms with van der Waals surface area (Å²) in [5.41, 5.74) is -0.424. The lowest BCUT2D eigenvalue weighted by Gasteiger charge is -2.39. The normalized spacial score (nSPS) is 27.9. The molecule has 4 nitrogen and oxygen atoms in total. The van der Waals surface area contributed by atoms with Gasteiger partial charge in [0.05, 0.1) is 0 Å². The van der Waals surface area contributed by atoms with Crippen molar-refractivity contribution in [2.24, 2.45) is 11.8 Å². The van der Waals surface area contributed by atoms with Crippen molar-refractivity contribution in [3.05, 3.63) is 0 Å². The summed E-state index contributed by atoms with van der Waals surface area (Å²) in [5, 5.41) is 3.18. The first kappa shape index (κ1) is 21.5. The van der Waals surface area contributed by atoms with E-state index in [9.17, 15) is 4.79 Å². The molecule has 0 aromatic carbocycles. The van der Waals surface area contributed by atoms with Crippen molar-refractivity contribution in [2.45, 2.75) is 104 Å². The molecule has 2 fully saturated rings. The van der Waals surface area contributed by atoms with Gasteiger partial charge in [-0.25, -0.2) is 4.79 Å². The molecule has 1 N–H and O–H groups in total. The molecule has 1 aliphatic carbocycles. The molecule has 1 amide bonds. The number of unbranched alkanes of at least 4 members (excludes halogenated alkanes) is 2. The summed E-state index contributed by atoms with van der Waals surface area (Å²) in [5.74, 6) is 1.46. The number of alkyl carbamates (subject to hydrolysis) is 1. The second-order valence-electron chi connectivity index (χ2n) is 9.56. The second-order valence-corrected chi connectivity index (χ2v) is 9.56. The van der Waals surface area contributed by atoms with E-state index in [0.29, 0.717) is 5.92 Å². The highest BCUT2D eigenvalue weighted by atomic mass is 16.6. The molecule has 2 rings (SSSR count). The number of nitrogens with one attached hydrogen (secondary N) is 1. The van der Waals surface area contributed by atoms with Crippen LogP contribution in [-0.2, 0) is 4.74 Å². The van der Waals surface area contributed by atoms with E-state index in [1.165, 1.54) is 70.9 Å². The molecule has 2 aliphatic rings. The number of carbonyl (C=O) groups excluding carboxylic acids is 1. The first-order chi connectivity index (χ1) is 12.4. The van der Waals surface area contributed by atoms with Crippen LogP contribution in [0.3, 0.4) is 0 Å². The van der Waals surface area contributed by atoms with Crippen LogP contribution < -0.4 is 5.32 Å². The Hall–Kier alpha value is -0.770. The smallest absolute Gasteiger partial charge is 0.407 e. The van der Waals surface area contributed by atoms with E-state index in [4.69, 9.17) is 4.74 Å². The SMILES string of the molecule is CCCCCC1CCCN(C[C@@H]2CCCCC2NC(=O)OC(C)(C)C)C1. The van der Waals surface area contributed by atoms with Gasteiger partial charge < -0.3 is 15.0 Å². The van der Waals surface area contributed by atoms with Gasteiger partial charge >= 0.3 is 6.09 Å². The minimum Gasteiger partial charge on any atom is -0.444 e. The van der Waals surface area contributed by atoms with Crippen LogP contribution in [-0.4, -0.2) is 42.3 Å². The van der Waals surface area contributed by atoms with Crippen LogP contribution in [0.2, 0.25) is 0 Å². The van der Waals surface area contributed by atoms with Gasteiger partial charge in [0.1, 0.15) is 5.60 Å². The third-order valence-corrected chi connectivity index (χ3v) is 5.92. The number of hydrogen-bond acceptors (Lipinski definition) is 3. The lowest BCUT2D eigenvalue weighted by atomic mass is 9.83. The molecule has 0 aromatic rings. The number of piperidine rings is 1. The fraction of sp³-hybridized carbons (Fsp3) is 0.955. The van der Waals surface area contributed by atoms with Gasteiger partial charge in [0.15, 0.2) is 0 Å². The standard InChI is InChI=1S/C22H42N2O2/c1-5-6-7-11-18-12-10-15-24(16-18)17-19-13-8-9-14-20(19)23-21(25)26-22(2,3)4/h18-20H,5-17H2,1-4H3,(H,23,25)/t18?,19-,20?/m0/s1. The van der Waals surface area contributed by atoms with E-state index >= 15 is 0 Å². The van der Waals surface area contributed by atoms with Crippen LogP contribution in [0.5, 0.6) is 0 Å². The summed E-state index contributed by atoms with van der Waals surface area (Å²) in [6, 6.07) is 0.277. The number of nitrogens with zero attached hydrogens (tertiary/aromatic N) is 1. The molecule has 1 saturated carbocycles. The number of carbonyl (C=O) groups is 1. The van der Waals surface area contributed by atoms with Crippen molar-refractivity contribution in [1.29, 1.82) is 0 Å². The van der Waals surface area contributed by atoms with Gasteiger partial charge in [-0.15, -0.1) is 0 Å². The summed E-state index contributed by atoms with van der Waals surface area (Å²) >= 11 is 0. The highest BCUT2D eigenvalue weighted by Gasteiger charge is 2.31. The maximum absolute atomic E-state index is 12.2. The molecule has 152 valence electrons. The molecular weight excluding hydrogens is 324 g/mol. The quantitative estimate of drug-likeness (QED) is 0.617. The third-order valence-electron chi connectivity index (χ3n) is 5.92. The average Bonchev–Trinajstić information content (AvgIpc) is 2.56. The number of likely N-dealkylation sites (tertiary alicyclic amines) is 1. The Morgan fingerprint density at radius 2 is 1.88 bits per heavy atom. The largest absolute Gasteiger partial charge is 0.444 e. The van der Waals surface area contributed by atoms with Crippen molar-refractivity contribution in [2.75, 3.05) is 19.6 Å². The predicted octanol–water partition coefficient (Wildman–Crippen LogP) is 5.36. The monoisotopic (exact) mass is 366 g/mol. The number of rotatable bonds is 7. The molecule has 1 heterocycles. The van der Waals surface area contributed by atoms with E-state index in [-0.39, 0.29) is 12.1 Å². The van der Waals surface area contributed by atoms with E-state index in [1.54, 1.807) is 0 Å².